The van der Waals surface area contributed by atoms with Gasteiger partial charge in [0.05, 0.1) is 6.54 Å². The number of amides is 3. The minimum Gasteiger partial charge on any atom is -0.447 e. The third-order valence-corrected chi connectivity index (χ3v) is 3.02. The van der Waals surface area contributed by atoms with Crippen LogP contribution in [-0.4, -0.2) is 43.4 Å². The maximum Gasteiger partial charge on any atom is 0.414 e. The first-order valence-corrected chi connectivity index (χ1v) is 7.56. The van der Waals surface area contributed by atoms with Gasteiger partial charge in [-0.05, 0) is 45.0 Å². The zero-order valence-corrected chi connectivity index (χ0v) is 13.9. The Morgan fingerprint density at radius 3 is 2.46 bits per heavy atom. The number of nitrogens with zero attached hydrogens (tertiary/aromatic N) is 1. The number of alkyl carbamates (subject to hydrolysis) is 1. The molecule has 1 aliphatic rings. The fourth-order valence-electron chi connectivity index (χ4n) is 2.02. The molecule has 2 N–H and O–H groups in total. The second-order valence-electron chi connectivity index (χ2n) is 6.22. The van der Waals surface area contributed by atoms with Crippen LogP contribution < -0.4 is 15.5 Å². The fraction of sp³-hybridized carbons (Fsp3) is 0.438. The van der Waals surface area contributed by atoms with Gasteiger partial charge in [0.15, 0.2) is 0 Å². The highest BCUT2D eigenvalue weighted by Gasteiger charge is 2.23. The Kier molecular flexibility index (Phi) is 5.28. The fourth-order valence-corrected chi connectivity index (χ4v) is 2.02. The van der Waals surface area contributed by atoms with Crippen molar-refractivity contribution < 1.29 is 23.9 Å². The third kappa shape index (κ3) is 5.15. The lowest BCUT2D eigenvalue weighted by molar-refractivity contribution is -0.115. The largest absolute Gasteiger partial charge is 0.447 e. The lowest BCUT2D eigenvalue weighted by Crippen LogP contribution is -2.37. The zero-order chi connectivity index (χ0) is 17.7. The van der Waals surface area contributed by atoms with E-state index < -0.39 is 11.7 Å². The monoisotopic (exact) mass is 335 g/mol. The number of carbonyl (C=O) groups excluding carboxylic acids is 3. The Hall–Kier alpha value is -2.77. The minimum absolute atomic E-state index is 0.199. The smallest absolute Gasteiger partial charge is 0.414 e. The van der Waals surface area contributed by atoms with Gasteiger partial charge in [-0.2, -0.15) is 0 Å². The molecule has 1 aromatic rings. The maximum atomic E-state index is 11.8. The molecule has 2 rings (SSSR count). The van der Waals surface area contributed by atoms with Crippen molar-refractivity contribution in [3.05, 3.63) is 24.3 Å². The van der Waals surface area contributed by atoms with Crippen molar-refractivity contribution in [3.63, 3.8) is 0 Å². The average Bonchev–Trinajstić information content (AvgIpc) is 2.90. The van der Waals surface area contributed by atoms with E-state index in [0.29, 0.717) is 24.5 Å². The highest BCUT2D eigenvalue weighted by Crippen LogP contribution is 2.20. The molecule has 1 aromatic carbocycles. The summed E-state index contributed by atoms with van der Waals surface area (Å²) in [6.45, 7) is 5.90. The summed E-state index contributed by atoms with van der Waals surface area (Å²) in [6, 6.07) is 6.77. The van der Waals surface area contributed by atoms with Gasteiger partial charge in [-0.1, -0.05) is 0 Å². The van der Waals surface area contributed by atoms with E-state index in [-0.39, 0.29) is 18.5 Å². The van der Waals surface area contributed by atoms with Gasteiger partial charge in [0.1, 0.15) is 18.8 Å². The number of rotatable bonds is 4. The molecule has 1 saturated heterocycles. The van der Waals surface area contributed by atoms with E-state index in [1.165, 1.54) is 4.90 Å². The Labute approximate surface area is 140 Å². The Morgan fingerprint density at radius 2 is 1.92 bits per heavy atom. The quantitative estimate of drug-likeness (QED) is 0.878. The molecule has 24 heavy (non-hydrogen) atoms. The molecule has 0 bridgehead atoms. The lowest BCUT2D eigenvalue weighted by atomic mass is 10.2. The molecule has 1 fully saturated rings. The van der Waals surface area contributed by atoms with Crippen LogP contribution in [0, 0.1) is 0 Å². The van der Waals surface area contributed by atoms with Crippen LogP contribution in [0.2, 0.25) is 0 Å². The molecule has 1 aliphatic heterocycles. The van der Waals surface area contributed by atoms with Crippen LogP contribution in [0.3, 0.4) is 0 Å². The first-order valence-electron chi connectivity index (χ1n) is 7.56. The third-order valence-electron chi connectivity index (χ3n) is 3.02. The molecule has 0 aromatic heterocycles. The van der Waals surface area contributed by atoms with Crippen molar-refractivity contribution in [1.29, 1.82) is 0 Å². The summed E-state index contributed by atoms with van der Waals surface area (Å²) in [5, 5.41) is 5.02. The van der Waals surface area contributed by atoms with Crippen LogP contribution in [0.4, 0.5) is 21.0 Å². The van der Waals surface area contributed by atoms with Crippen LogP contribution in [0.15, 0.2) is 24.3 Å². The summed E-state index contributed by atoms with van der Waals surface area (Å²) in [5.41, 5.74) is 0.636. The number of ether oxygens (including phenoxy) is 2. The molecule has 0 saturated carbocycles. The minimum atomic E-state index is -0.652. The lowest BCUT2D eigenvalue weighted by Gasteiger charge is -2.19. The van der Waals surface area contributed by atoms with Gasteiger partial charge in [-0.15, -0.1) is 0 Å². The van der Waals surface area contributed by atoms with Crippen molar-refractivity contribution in [3.8, 4) is 0 Å². The first kappa shape index (κ1) is 17.6. The molecule has 8 nitrogen and oxygen atoms in total. The summed E-state index contributed by atoms with van der Waals surface area (Å²) in [7, 11) is 0. The number of hydrogen-bond donors (Lipinski definition) is 2. The molecule has 0 spiro atoms. The van der Waals surface area contributed by atoms with E-state index >= 15 is 0 Å². The van der Waals surface area contributed by atoms with Crippen molar-refractivity contribution >= 4 is 29.5 Å². The average molecular weight is 335 g/mol. The summed E-state index contributed by atoms with van der Waals surface area (Å²) in [6.07, 6.45) is -1.03. The molecule has 8 heteroatoms. The molecule has 0 radical (unpaired) electrons. The van der Waals surface area contributed by atoms with Gasteiger partial charge in [-0.3, -0.25) is 9.69 Å². The highest BCUT2D eigenvalue weighted by molar-refractivity contribution is 5.94. The van der Waals surface area contributed by atoms with Gasteiger partial charge in [-0.25, -0.2) is 9.59 Å². The molecule has 130 valence electrons. The molecular formula is C16H21N3O5. The van der Waals surface area contributed by atoms with Crippen molar-refractivity contribution in [2.75, 3.05) is 29.9 Å². The van der Waals surface area contributed by atoms with Gasteiger partial charge in [0, 0.05) is 11.4 Å². The molecule has 1 heterocycles. The van der Waals surface area contributed by atoms with Crippen LogP contribution in [0.25, 0.3) is 0 Å². The Morgan fingerprint density at radius 1 is 1.25 bits per heavy atom. The predicted molar refractivity (Wildman–Crippen MR) is 88.0 cm³/mol. The topological polar surface area (TPSA) is 97.0 Å². The van der Waals surface area contributed by atoms with Crippen molar-refractivity contribution in [2.24, 2.45) is 0 Å². The van der Waals surface area contributed by atoms with Gasteiger partial charge < -0.3 is 20.1 Å². The van der Waals surface area contributed by atoms with Crippen molar-refractivity contribution in [1.82, 2.24) is 5.32 Å². The SMILES string of the molecule is CC(C)(C)OC(=O)NCC(=O)Nc1ccc(N2CCOC2=O)cc1. The second kappa shape index (κ2) is 7.20. The summed E-state index contributed by atoms with van der Waals surface area (Å²) >= 11 is 0. The maximum absolute atomic E-state index is 11.8. The second-order valence-corrected chi connectivity index (χ2v) is 6.22. The molecular weight excluding hydrogens is 314 g/mol. The number of benzene rings is 1. The van der Waals surface area contributed by atoms with Crippen LogP contribution in [-0.2, 0) is 14.3 Å². The predicted octanol–water partition coefficient (Wildman–Crippen LogP) is 2.11. The van der Waals surface area contributed by atoms with Crippen LogP contribution in [0.1, 0.15) is 20.8 Å². The Bertz CT molecular complexity index is 622. The van der Waals surface area contributed by atoms with Crippen molar-refractivity contribution in [2.45, 2.75) is 26.4 Å². The Balaban J connectivity index is 1.82. The summed E-state index contributed by atoms with van der Waals surface area (Å²) in [5.74, 6) is -0.380. The number of anilines is 2. The molecule has 0 aliphatic carbocycles. The summed E-state index contributed by atoms with van der Waals surface area (Å²) < 4.78 is 9.91. The number of nitrogens with one attached hydrogen (secondary N) is 2. The van der Waals surface area contributed by atoms with Crippen LogP contribution in [0.5, 0.6) is 0 Å². The van der Waals surface area contributed by atoms with E-state index in [1.54, 1.807) is 45.0 Å². The molecule has 0 unspecified atom stereocenters. The first-order chi connectivity index (χ1) is 11.2. The molecule has 3 amide bonds. The van der Waals surface area contributed by atoms with E-state index in [1.807, 2.05) is 0 Å². The zero-order valence-electron chi connectivity index (χ0n) is 13.9. The van der Waals surface area contributed by atoms with E-state index in [4.69, 9.17) is 9.47 Å². The van der Waals surface area contributed by atoms with Crippen LogP contribution >= 0.6 is 0 Å². The number of hydrogen-bond acceptors (Lipinski definition) is 5. The highest BCUT2D eigenvalue weighted by atomic mass is 16.6. The molecule has 0 atom stereocenters. The standard InChI is InChI=1S/C16H21N3O5/c1-16(2,3)24-14(21)17-10-13(20)18-11-4-6-12(7-5-11)19-8-9-23-15(19)22/h4-7H,8-10H2,1-3H3,(H,17,21)(H,18,20). The van der Waals surface area contributed by atoms with E-state index in [2.05, 4.69) is 10.6 Å². The normalized spacial score (nSPS) is 14.1. The van der Waals surface area contributed by atoms with Gasteiger partial charge >= 0.3 is 12.2 Å². The summed E-state index contributed by atoms with van der Waals surface area (Å²) in [4.78, 5) is 36.3. The van der Waals surface area contributed by atoms with E-state index in [9.17, 15) is 14.4 Å². The van der Waals surface area contributed by atoms with Gasteiger partial charge in [0.25, 0.3) is 0 Å². The number of cyclic esters (lactones) is 1. The number of carbonyl (C=O) groups is 3. The van der Waals surface area contributed by atoms with Gasteiger partial charge in [0.2, 0.25) is 5.91 Å². The van der Waals surface area contributed by atoms with E-state index in [0.717, 1.165) is 0 Å².